The van der Waals surface area contributed by atoms with Gasteiger partial charge in [-0.25, -0.2) is 13.4 Å². The van der Waals surface area contributed by atoms with E-state index in [0.29, 0.717) is 18.8 Å². The molecule has 9 heteroatoms. The van der Waals surface area contributed by atoms with E-state index in [1.807, 2.05) is 42.0 Å². The number of carbonyl (C=O) groups is 1. The van der Waals surface area contributed by atoms with Gasteiger partial charge >= 0.3 is 0 Å². The second-order valence-corrected chi connectivity index (χ2v) is 10.2. The van der Waals surface area contributed by atoms with Crippen LogP contribution in [0.5, 0.6) is 0 Å². The molecule has 8 nitrogen and oxygen atoms in total. The van der Waals surface area contributed by atoms with Crippen LogP contribution < -0.4 is 10.6 Å². The molecule has 3 aromatic rings. The molecule has 0 unspecified atom stereocenters. The molecule has 2 N–H and O–H groups in total. The highest BCUT2D eigenvalue weighted by Crippen LogP contribution is 2.22. The molecule has 4 rings (SSSR count). The Kier molecular flexibility index (Phi) is 6.92. The topological polar surface area (TPSA) is 96.3 Å². The monoisotopic (exact) mass is 467 g/mol. The van der Waals surface area contributed by atoms with Gasteiger partial charge in [0.25, 0.3) is 0 Å². The minimum atomic E-state index is -3.46. The molecule has 2 aromatic carbocycles. The molecule has 1 aromatic heterocycles. The molecule has 0 spiro atoms. The second-order valence-electron chi connectivity index (χ2n) is 8.30. The second kappa shape index (κ2) is 9.86. The van der Waals surface area contributed by atoms with E-state index in [1.54, 1.807) is 43.7 Å². The summed E-state index contributed by atoms with van der Waals surface area (Å²) in [7, 11) is -3.46. The number of sulfonamides is 1. The van der Waals surface area contributed by atoms with Crippen molar-refractivity contribution < 1.29 is 13.2 Å². The van der Waals surface area contributed by atoms with Gasteiger partial charge in [0.05, 0.1) is 17.3 Å². The van der Waals surface area contributed by atoms with Gasteiger partial charge in [-0.1, -0.05) is 12.1 Å². The van der Waals surface area contributed by atoms with Gasteiger partial charge in [-0.2, -0.15) is 4.31 Å². The molecule has 1 saturated heterocycles. The van der Waals surface area contributed by atoms with Crippen LogP contribution in [-0.4, -0.2) is 47.3 Å². The lowest BCUT2D eigenvalue weighted by molar-refractivity contribution is -0.117. The molecule has 33 heavy (non-hydrogen) atoms. The summed E-state index contributed by atoms with van der Waals surface area (Å²) in [5, 5.41) is 6.16. The van der Waals surface area contributed by atoms with Crippen LogP contribution in [0.2, 0.25) is 0 Å². The average Bonchev–Trinajstić information content (AvgIpc) is 3.54. The zero-order valence-corrected chi connectivity index (χ0v) is 19.6. The lowest BCUT2D eigenvalue weighted by Gasteiger charge is -2.20. The lowest BCUT2D eigenvalue weighted by atomic mass is 10.1. The van der Waals surface area contributed by atoms with E-state index < -0.39 is 16.1 Å². The molecular formula is C24H29N5O3S. The summed E-state index contributed by atoms with van der Waals surface area (Å²) in [5.74, 6) is -0.188. The van der Waals surface area contributed by atoms with Crippen molar-refractivity contribution in [1.29, 1.82) is 0 Å². The number of nitrogens with one attached hydrogen (secondary N) is 2. The van der Waals surface area contributed by atoms with E-state index >= 15 is 0 Å². The number of benzene rings is 2. The van der Waals surface area contributed by atoms with E-state index in [9.17, 15) is 13.2 Å². The van der Waals surface area contributed by atoms with Gasteiger partial charge in [-0.05, 0) is 68.7 Å². The van der Waals surface area contributed by atoms with Crippen LogP contribution in [0.4, 0.5) is 5.69 Å². The van der Waals surface area contributed by atoms with Gasteiger partial charge in [-0.15, -0.1) is 0 Å². The molecule has 2 heterocycles. The number of rotatable bonds is 8. The van der Waals surface area contributed by atoms with Crippen LogP contribution in [0, 0.1) is 0 Å². The highest BCUT2D eigenvalue weighted by molar-refractivity contribution is 7.89. The number of nitrogens with zero attached hydrogens (tertiary/aromatic N) is 3. The lowest BCUT2D eigenvalue weighted by Crippen LogP contribution is -2.39. The molecule has 0 radical (unpaired) electrons. The minimum Gasteiger partial charge on any atom is -0.325 e. The number of imidazole rings is 1. The van der Waals surface area contributed by atoms with Crippen molar-refractivity contribution in [2.75, 3.05) is 18.4 Å². The number of hydrogen-bond donors (Lipinski definition) is 2. The highest BCUT2D eigenvalue weighted by Gasteiger charge is 2.27. The first-order valence-electron chi connectivity index (χ1n) is 11.1. The minimum absolute atomic E-state index is 0.0319. The van der Waals surface area contributed by atoms with Crippen molar-refractivity contribution in [2.45, 2.75) is 43.7 Å². The summed E-state index contributed by atoms with van der Waals surface area (Å²) in [6.45, 7) is 4.94. The fraction of sp³-hybridized carbons (Fsp3) is 0.333. The smallest absolute Gasteiger partial charge is 0.243 e. The van der Waals surface area contributed by atoms with Crippen LogP contribution in [-0.2, 0) is 14.8 Å². The maximum Gasteiger partial charge on any atom is 0.243 e. The summed E-state index contributed by atoms with van der Waals surface area (Å²) in [6, 6.07) is 14.0. The standard InChI is InChI=1S/C24H29N5O3S/c1-18(20-5-9-22(10-6-20)28-16-13-25-17-28)26-19(2)24(30)27-21-7-11-23(12-8-21)33(31,32)29-14-3-4-15-29/h5-13,16-19,26H,3-4,14-15H2,1-2H3,(H,27,30)/t18-,19-/m0/s1. The highest BCUT2D eigenvalue weighted by atomic mass is 32.2. The van der Waals surface area contributed by atoms with Crippen molar-refractivity contribution in [1.82, 2.24) is 19.2 Å². The summed E-state index contributed by atoms with van der Waals surface area (Å²) in [5.41, 5.74) is 2.64. The van der Waals surface area contributed by atoms with Crippen molar-refractivity contribution in [3.63, 3.8) is 0 Å². The molecule has 0 bridgehead atoms. The molecular weight excluding hydrogens is 438 g/mol. The normalized spacial score (nSPS) is 16.4. The maximum atomic E-state index is 12.7. The Labute approximate surface area is 194 Å². The van der Waals surface area contributed by atoms with Crippen LogP contribution in [0.3, 0.4) is 0 Å². The van der Waals surface area contributed by atoms with Gasteiger partial charge in [0.1, 0.15) is 0 Å². The van der Waals surface area contributed by atoms with Gasteiger partial charge in [0.15, 0.2) is 0 Å². The van der Waals surface area contributed by atoms with Crippen LogP contribution >= 0.6 is 0 Å². The van der Waals surface area contributed by atoms with Crippen molar-refractivity contribution in [3.05, 3.63) is 72.8 Å². The third kappa shape index (κ3) is 5.32. The first-order valence-corrected chi connectivity index (χ1v) is 12.5. The Morgan fingerprint density at radius 3 is 2.27 bits per heavy atom. The molecule has 1 amide bonds. The Morgan fingerprint density at radius 2 is 1.67 bits per heavy atom. The molecule has 0 saturated carbocycles. The third-order valence-corrected chi connectivity index (χ3v) is 7.83. The SMILES string of the molecule is C[C@H](N[C@@H](C)c1ccc(-n2ccnc2)cc1)C(=O)Nc1ccc(S(=O)(=O)N2CCCC2)cc1. The van der Waals surface area contributed by atoms with E-state index in [2.05, 4.69) is 15.6 Å². The first-order chi connectivity index (χ1) is 15.8. The van der Waals surface area contributed by atoms with Crippen molar-refractivity contribution in [2.24, 2.45) is 0 Å². The number of carbonyl (C=O) groups excluding carboxylic acids is 1. The van der Waals surface area contributed by atoms with E-state index in [0.717, 1.165) is 24.1 Å². The Bertz CT molecular complexity index is 1170. The largest absolute Gasteiger partial charge is 0.325 e. The summed E-state index contributed by atoms with van der Waals surface area (Å²) in [6.07, 6.45) is 7.16. The van der Waals surface area contributed by atoms with E-state index in [1.165, 1.54) is 4.31 Å². The number of anilines is 1. The average molecular weight is 468 g/mol. The van der Waals surface area contributed by atoms with Crippen LogP contribution in [0.25, 0.3) is 5.69 Å². The van der Waals surface area contributed by atoms with Gasteiger partial charge in [0, 0.05) is 42.9 Å². The maximum absolute atomic E-state index is 12.7. The summed E-state index contributed by atoms with van der Waals surface area (Å²) < 4.78 is 28.7. The summed E-state index contributed by atoms with van der Waals surface area (Å²) in [4.78, 5) is 17.0. The molecule has 174 valence electrons. The molecule has 0 aliphatic carbocycles. The predicted octanol–water partition coefficient (Wildman–Crippen LogP) is 3.33. The van der Waals surface area contributed by atoms with Crippen molar-refractivity contribution in [3.8, 4) is 5.69 Å². The Hall–Kier alpha value is -3.01. The van der Waals surface area contributed by atoms with Gasteiger partial charge in [0.2, 0.25) is 15.9 Å². The fourth-order valence-electron chi connectivity index (χ4n) is 3.93. The van der Waals surface area contributed by atoms with Crippen molar-refractivity contribution >= 4 is 21.6 Å². The fourth-order valence-corrected chi connectivity index (χ4v) is 5.45. The van der Waals surface area contributed by atoms with Crippen LogP contribution in [0.1, 0.15) is 38.3 Å². The van der Waals surface area contributed by atoms with E-state index in [-0.39, 0.29) is 16.8 Å². The van der Waals surface area contributed by atoms with E-state index in [4.69, 9.17) is 0 Å². The zero-order valence-electron chi connectivity index (χ0n) is 18.8. The molecule has 2 atom stereocenters. The van der Waals surface area contributed by atoms with Gasteiger partial charge in [-0.3, -0.25) is 10.1 Å². The zero-order chi connectivity index (χ0) is 23.4. The Morgan fingerprint density at radius 1 is 1.00 bits per heavy atom. The molecule has 1 aliphatic heterocycles. The summed E-state index contributed by atoms with van der Waals surface area (Å²) >= 11 is 0. The molecule has 1 aliphatic rings. The first kappa shape index (κ1) is 23.2. The third-order valence-electron chi connectivity index (χ3n) is 5.91. The van der Waals surface area contributed by atoms with Gasteiger partial charge < -0.3 is 9.88 Å². The predicted molar refractivity (Wildman–Crippen MR) is 128 cm³/mol. The number of aromatic nitrogens is 2. The quantitative estimate of drug-likeness (QED) is 0.530. The van der Waals surface area contributed by atoms with Crippen LogP contribution in [0.15, 0.2) is 72.1 Å². The number of hydrogen-bond acceptors (Lipinski definition) is 5. The molecule has 1 fully saturated rings. The number of amides is 1. The Balaban J connectivity index is 1.33.